The van der Waals surface area contributed by atoms with Gasteiger partial charge in [0.25, 0.3) is 10.2 Å². The van der Waals surface area contributed by atoms with Gasteiger partial charge in [-0.3, -0.25) is 0 Å². The van der Waals surface area contributed by atoms with Crippen LogP contribution < -0.4 is 4.74 Å². The van der Waals surface area contributed by atoms with E-state index < -0.39 is 10.2 Å². The van der Waals surface area contributed by atoms with E-state index in [1.54, 1.807) is 12.3 Å². The van der Waals surface area contributed by atoms with Gasteiger partial charge in [0.2, 0.25) is 5.88 Å². The third-order valence-electron chi connectivity index (χ3n) is 3.72. The van der Waals surface area contributed by atoms with Gasteiger partial charge in [-0.1, -0.05) is 0 Å². The van der Waals surface area contributed by atoms with E-state index in [0.717, 1.165) is 4.47 Å². The lowest BCUT2D eigenvalue weighted by molar-refractivity contribution is 0.0703. The minimum Gasteiger partial charge on any atom is -0.473 e. The molecule has 2 aliphatic rings. The quantitative estimate of drug-likeness (QED) is 0.761. The summed E-state index contributed by atoms with van der Waals surface area (Å²) in [5.74, 6) is 0.513. The Balaban J connectivity index is 1.60. The van der Waals surface area contributed by atoms with E-state index in [0.29, 0.717) is 51.7 Å². The zero-order valence-electron chi connectivity index (χ0n) is 12.0. The van der Waals surface area contributed by atoms with Crippen molar-refractivity contribution in [2.75, 3.05) is 39.4 Å². The molecule has 0 radical (unpaired) electrons. The molecule has 0 amide bonds. The Bertz CT molecular complexity index is 604. The monoisotopic (exact) mass is 391 g/mol. The molecule has 1 aromatic heterocycles. The summed E-state index contributed by atoms with van der Waals surface area (Å²) in [5, 5.41) is 0. The second-order valence-corrected chi connectivity index (χ2v) is 8.06. The maximum Gasteiger partial charge on any atom is 0.282 e. The Morgan fingerprint density at radius 3 is 2.68 bits per heavy atom. The van der Waals surface area contributed by atoms with Crippen molar-refractivity contribution in [3.63, 3.8) is 0 Å². The summed E-state index contributed by atoms with van der Waals surface area (Å²) < 4.78 is 39.9. The van der Waals surface area contributed by atoms with Crippen LogP contribution in [0.2, 0.25) is 0 Å². The molecule has 0 saturated carbocycles. The molecule has 3 rings (SSSR count). The Morgan fingerprint density at radius 1 is 1.23 bits per heavy atom. The van der Waals surface area contributed by atoms with E-state index in [1.165, 1.54) is 8.61 Å². The van der Waals surface area contributed by atoms with Crippen LogP contribution in [0.4, 0.5) is 0 Å². The van der Waals surface area contributed by atoms with Gasteiger partial charge in [0.15, 0.2) is 0 Å². The number of hydrogen-bond donors (Lipinski definition) is 0. The Morgan fingerprint density at radius 2 is 2.00 bits per heavy atom. The van der Waals surface area contributed by atoms with E-state index in [4.69, 9.17) is 9.47 Å². The molecule has 122 valence electrons. The molecule has 0 N–H and O–H groups in total. The van der Waals surface area contributed by atoms with Gasteiger partial charge in [-0.05, 0) is 28.4 Å². The molecular weight excluding hydrogens is 374 g/mol. The van der Waals surface area contributed by atoms with Crippen LogP contribution in [0.1, 0.15) is 6.42 Å². The molecule has 0 aliphatic carbocycles. The summed E-state index contributed by atoms with van der Waals surface area (Å²) in [6.45, 7) is 2.57. The third kappa shape index (κ3) is 3.60. The predicted molar refractivity (Wildman–Crippen MR) is 83.9 cm³/mol. The number of aromatic nitrogens is 1. The van der Waals surface area contributed by atoms with Crippen molar-refractivity contribution in [1.82, 2.24) is 13.6 Å². The third-order valence-corrected chi connectivity index (χ3v) is 6.19. The first-order valence-corrected chi connectivity index (χ1v) is 9.36. The molecule has 0 aromatic carbocycles. The largest absolute Gasteiger partial charge is 0.473 e. The molecule has 1 unspecified atom stereocenters. The first-order chi connectivity index (χ1) is 10.6. The molecule has 9 heteroatoms. The molecule has 2 fully saturated rings. The van der Waals surface area contributed by atoms with E-state index in [-0.39, 0.29) is 6.10 Å². The van der Waals surface area contributed by atoms with E-state index >= 15 is 0 Å². The number of halogens is 1. The normalized spacial score (nSPS) is 24.5. The lowest BCUT2D eigenvalue weighted by atomic mass is 10.3. The minimum atomic E-state index is -3.41. The lowest BCUT2D eigenvalue weighted by Gasteiger charge is -2.29. The van der Waals surface area contributed by atoms with Crippen molar-refractivity contribution in [2.24, 2.45) is 0 Å². The smallest absolute Gasteiger partial charge is 0.282 e. The van der Waals surface area contributed by atoms with Crippen LogP contribution in [0.3, 0.4) is 0 Å². The highest BCUT2D eigenvalue weighted by atomic mass is 79.9. The number of morpholine rings is 1. The fourth-order valence-electron chi connectivity index (χ4n) is 2.55. The summed E-state index contributed by atoms with van der Waals surface area (Å²) in [5.41, 5.74) is 0. The highest BCUT2D eigenvalue weighted by Crippen LogP contribution is 2.22. The molecule has 2 saturated heterocycles. The van der Waals surface area contributed by atoms with Gasteiger partial charge in [0.05, 0.1) is 19.8 Å². The van der Waals surface area contributed by atoms with Crippen LogP contribution in [-0.4, -0.2) is 67.5 Å². The Labute approximate surface area is 138 Å². The van der Waals surface area contributed by atoms with Crippen molar-refractivity contribution < 1.29 is 17.9 Å². The fourth-order valence-corrected chi connectivity index (χ4v) is 4.41. The molecule has 0 bridgehead atoms. The van der Waals surface area contributed by atoms with Crippen molar-refractivity contribution in [3.8, 4) is 5.88 Å². The second-order valence-electron chi connectivity index (χ2n) is 5.22. The molecule has 22 heavy (non-hydrogen) atoms. The van der Waals surface area contributed by atoms with Crippen molar-refractivity contribution in [1.29, 1.82) is 0 Å². The van der Waals surface area contributed by atoms with Crippen LogP contribution >= 0.6 is 15.9 Å². The summed E-state index contributed by atoms with van der Waals surface area (Å²) >= 11 is 3.32. The average molecular weight is 392 g/mol. The average Bonchev–Trinajstić information content (AvgIpc) is 3.00. The van der Waals surface area contributed by atoms with Gasteiger partial charge in [-0.2, -0.15) is 17.0 Å². The molecular formula is C13H18BrN3O4S. The molecule has 2 aliphatic heterocycles. The molecule has 0 spiro atoms. The Hall–Kier alpha value is -0.740. The standard InChI is InChI=1S/C13H18BrN3O4S/c14-11-1-2-13(15-9-11)21-12-3-4-17(10-12)22(18,19)16-5-7-20-8-6-16/h1-2,9,12H,3-8,10H2. The van der Waals surface area contributed by atoms with Gasteiger partial charge >= 0.3 is 0 Å². The van der Waals surface area contributed by atoms with E-state index in [2.05, 4.69) is 20.9 Å². The first-order valence-electron chi connectivity index (χ1n) is 7.17. The maximum absolute atomic E-state index is 12.5. The minimum absolute atomic E-state index is 0.163. The molecule has 7 nitrogen and oxygen atoms in total. The van der Waals surface area contributed by atoms with Gasteiger partial charge < -0.3 is 9.47 Å². The number of nitrogens with zero attached hydrogens (tertiary/aromatic N) is 3. The van der Waals surface area contributed by atoms with E-state index in [1.807, 2.05) is 6.07 Å². The van der Waals surface area contributed by atoms with Crippen LogP contribution in [0, 0.1) is 0 Å². The van der Waals surface area contributed by atoms with Crippen LogP contribution in [0.25, 0.3) is 0 Å². The van der Waals surface area contributed by atoms with Gasteiger partial charge in [-0.15, -0.1) is 0 Å². The highest BCUT2D eigenvalue weighted by Gasteiger charge is 2.37. The van der Waals surface area contributed by atoms with Crippen molar-refractivity contribution >= 4 is 26.1 Å². The van der Waals surface area contributed by atoms with E-state index in [9.17, 15) is 8.42 Å². The Kier molecular flexibility index (Phi) is 4.98. The predicted octanol–water partition coefficient (Wildman–Crippen LogP) is 0.874. The summed E-state index contributed by atoms with van der Waals surface area (Å²) in [7, 11) is -3.41. The van der Waals surface area contributed by atoms with Crippen LogP contribution in [0.15, 0.2) is 22.8 Å². The lowest BCUT2D eigenvalue weighted by Crippen LogP contribution is -2.48. The number of pyridine rings is 1. The number of ether oxygens (including phenoxy) is 2. The van der Waals surface area contributed by atoms with Crippen LogP contribution in [-0.2, 0) is 14.9 Å². The molecule has 1 aromatic rings. The van der Waals surface area contributed by atoms with Gasteiger partial charge in [-0.25, -0.2) is 4.98 Å². The summed E-state index contributed by atoms with van der Waals surface area (Å²) in [6.07, 6.45) is 2.16. The van der Waals surface area contributed by atoms with Crippen LogP contribution in [0.5, 0.6) is 5.88 Å². The molecule has 1 atom stereocenters. The summed E-state index contributed by atoms with van der Waals surface area (Å²) in [6, 6.07) is 3.61. The number of hydrogen-bond acceptors (Lipinski definition) is 5. The highest BCUT2D eigenvalue weighted by molar-refractivity contribution is 9.10. The zero-order chi connectivity index (χ0) is 15.6. The second kappa shape index (κ2) is 6.79. The van der Waals surface area contributed by atoms with Crippen molar-refractivity contribution in [2.45, 2.75) is 12.5 Å². The van der Waals surface area contributed by atoms with Gasteiger partial charge in [0.1, 0.15) is 6.10 Å². The zero-order valence-corrected chi connectivity index (χ0v) is 14.4. The number of rotatable bonds is 4. The maximum atomic E-state index is 12.5. The van der Waals surface area contributed by atoms with Crippen molar-refractivity contribution in [3.05, 3.63) is 22.8 Å². The molecule has 3 heterocycles. The fraction of sp³-hybridized carbons (Fsp3) is 0.615. The first kappa shape index (κ1) is 16.1. The SMILES string of the molecule is O=S(=O)(N1CCOCC1)N1CCC(Oc2ccc(Br)cn2)C1. The summed E-state index contributed by atoms with van der Waals surface area (Å²) in [4.78, 5) is 4.15. The topological polar surface area (TPSA) is 72.0 Å². The van der Waals surface area contributed by atoms with Gasteiger partial charge in [0, 0.05) is 36.4 Å².